The molecule has 3 heterocycles. The first kappa shape index (κ1) is 13.9. The summed E-state index contributed by atoms with van der Waals surface area (Å²) in [6.45, 7) is 2.55. The summed E-state index contributed by atoms with van der Waals surface area (Å²) in [6.07, 6.45) is 8.72. The molecule has 5 nitrogen and oxygen atoms in total. The predicted octanol–water partition coefficient (Wildman–Crippen LogP) is 1.21. The van der Waals surface area contributed by atoms with Crippen molar-refractivity contribution >= 4 is 5.96 Å². The second-order valence-electron chi connectivity index (χ2n) is 5.80. The first-order valence-electron chi connectivity index (χ1n) is 7.73. The van der Waals surface area contributed by atoms with Gasteiger partial charge >= 0.3 is 0 Å². The van der Waals surface area contributed by atoms with Gasteiger partial charge in [-0.05, 0) is 32.1 Å². The van der Waals surface area contributed by atoms with Gasteiger partial charge in [-0.1, -0.05) is 11.6 Å². The van der Waals surface area contributed by atoms with Crippen molar-refractivity contribution in [1.29, 1.82) is 0 Å². The molecule has 0 saturated carbocycles. The zero-order chi connectivity index (χ0) is 13.8. The van der Waals surface area contributed by atoms with Crippen LogP contribution in [0.4, 0.5) is 0 Å². The van der Waals surface area contributed by atoms with Crippen LogP contribution in [-0.4, -0.2) is 51.0 Å². The highest BCUT2D eigenvalue weighted by molar-refractivity contribution is 5.80. The Hall–Kier alpha value is -1.07. The molecule has 0 radical (unpaired) electrons. The Balaban J connectivity index is 1.40. The molecule has 2 N–H and O–H groups in total. The summed E-state index contributed by atoms with van der Waals surface area (Å²) in [4.78, 5) is 4.31. The Kier molecular flexibility index (Phi) is 4.58. The Labute approximate surface area is 120 Å². The van der Waals surface area contributed by atoms with E-state index < -0.39 is 0 Å². The molecule has 3 aliphatic heterocycles. The van der Waals surface area contributed by atoms with Crippen molar-refractivity contribution in [3.8, 4) is 0 Å². The van der Waals surface area contributed by atoms with Gasteiger partial charge in [-0.25, -0.2) is 0 Å². The minimum absolute atomic E-state index is 0.386. The Bertz CT molecular complexity index is 395. The zero-order valence-corrected chi connectivity index (χ0v) is 12.2. The fourth-order valence-electron chi connectivity index (χ4n) is 3.29. The molecule has 3 atom stereocenters. The van der Waals surface area contributed by atoms with Crippen LogP contribution in [0.15, 0.2) is 16.6 Å². The predicted molar refractivity (Wildman–Crippen MR) is 78.9 cm³/mol. The molecular weight excluding hydrogens is 254 g/mol. The van der Waals surface area contributed by atoms with Gasteiger partial charge < -0.3 is 20.1 Å². The van der Waals surface area contributed by atoms with Gasteiger partial charge in [0.05, 0.1) is 31.5 Å². The third kappa shape index (κ3) is 3.33. The van der Waals surface area contributed by atoms with Gasteiger partial charge in [-0.15, -0.1) is 0 Å². The van der Waals surface area contributed by atoms with Gasteiger partial charge in [0.25, 0.3) is 0 Å². The van der Waals surface area contributed by atoms with Gasteiger partial charge in [0, 0.05) is 13.6 Å². The van der Waals surface area contributed by atoms with E-state index in [1.165, 1.54) is 18.4 Å². The third-order valence-corrected chi connectivity index (χ3v) is 4.45. The van der Waals surface area contributed by atoms with Crippen molar-refractivity contribution in [2.45, 2.75) is 50.4 Å². The molecule has 2 saturated heterocycles. The first-order chi connectivity index (χ1) is 9.85. The van der Waals surface area contributed by atoms with E-state index in [0.29, 0.717) is 18.2 Å². The smallest absolute Gasteiger partial charge is 0.191 e. The molecule has 0 aromatic heterocycles. The maximum absolute atomic E-state index is 5.86. The van der Waals surface area contributed by atoms with Crippen molar-refractivity contribution in [1.82, 2.24) is 10.6 Å². The van der Waals surface area contributed by atoms with Gasteiger partial charge in [0.15, 0.2) is 5.96 Å². The van der Waals surface area contributed by atoms with E-state index in [2.05, 4.69) is 21.7 Å². The van der Waals surface area contributed by atoms with Crippen LogP contribution in [0, 0.1) is 0 Å². The highest BCUT2D eigenvalue weighted by atomic mass is 16.5. The topological polar surface area (TPSA) is 54.9 Å². The summed E-state index contributed by atoms with van der Waals surface area (Å²) < 4.78 is 11.2. The van der Waals surface area contributed by atoms with E-state index in [-0.39, 0.29) is 0 Å². The van der Waals surface area contributed by atoms with Crippen molar-refractivity contribution in [3.63, 3.8) is 0 Å². The Morgan fingerprint density at radius 2 is 2.40 bits per heavy atom. The largest absolute Gasteiger partial charge is 0.377 e. The average molecular weight is 279 g/mol. The summed E-state index contributed by atoms with van der Waals surface area (Å²) in [5, 5.41) is 6.91. The molecule has 5 heteroatoms. The van der Waals surface area contributed by atoms with E-state index in [4.69, 9.17) is 9.47 Å². The highest BCUT2D eigenvalue weighted by Gasteiger charge is 2.41. The van der Waals surface area contributed by atoms with Crippen LogP contribution in [0.1, 0.15) is 32.1 Å². The minimum Gasteiger partial charge on any atom is -0.377 e. The molecule has 0 amide bonds. The summed E-state index contributed by atoms with van der Waals surface area (Å²) >= 11 is 0. The number of ether oxygens (including phenoxy) is 2. The first-order valence-corrected chi connectivity index (χ1v) is 7.73. The molecule has 3 rings (SSSR count). The highest BCUT2D eigenvalue weighted by Crippen LogP contribution is 2.34. The molecule has 0 aromatic carbocycles. The molecule has 112 valence electrons. The molecular formula is C15H25N3O2. The van der Waals surface area contributed by atoms with Crippen LogP contribution in [0.3, 0.4) is 0 Å². The minimum atomic E-state index is 0.386. The normalized spacial score (nSPS) is 33.1. The number of nitrogens with zero attached hydrogens (tertiary/aromatic N) is 1. The van der Waals surface area contributed by atoms with Crippen molar-refractivity contribution in [3.05, 3.63) is 11.6 Å². The molecule has 2 fully saturated rings. The van der Waals surface area contributed by atoms with Gasteiger partial charge in [-0.3, -0.25) is 4.99 Å². The van der Waals surface area contributed by atoms with E-state index in [1.807, 2.05) is 7.05 Å². The monoisotopic (exact) mass is 279 g/mol. The average Bonchev–Trinajstić information content (AvgIpc) is 3.10. The Morgan fingerprint density at radius 3 is 3.05 bits per heavy atom. The quantitative estimate of drug-likeness (QED) is 0.461. The lowest BCUT2D eigenvalue weighted by Gasteiger charge is -2.23. The maximum atomic E-state index is 5.86. The number of rotatable bonds is 4. The second-order valence-corrected chi connectivity index (χ2v) is 5.80. The van der Waals surface area contributed by atoms with Crippen LogP contribution in [0.25, 0.3) is 0 Å². The van der Waals surface area contributed by atoms with Crippen molar-refractivity contribution in [2.75, 3.05) is 26.8 Å². The summed E-state index contributed by atoms with van der Waals surface area (Å²) in [6, 6.07) is 0.433. The zero-order valence-electron chi connectivity index (χ0n) is 12.2. The van der Waals surface area contributed by atoms with Gasteiger partial charge in [0.1, 0.15) is 0 Å². The van der Waals surface area contributed by atoms with Crippen LogP contribution >= 0.6 is 0 Å². The standard InChI is InChI=1S/C15H25N3O2/c1-16-15(17-7-4-11-5-8-19-9-6-11)18-13-10-12-2-3-14(13)20-12/h5,12-14H,2-4,6-10H2,1H3,(H2,16,17,18). The van der Waals surface area contributed by atoms with Crippen molar-refractivity contribution < 1.29 is 9.47 Å². The lowest BCUT2D eigenvalue weighted by Crippen LogP contribution is -2.47. The molecule has 3 unspecified atom stereocenters. The SMILES string of the molecule is CN=C(NCCC1=CCOCC1)NC1CC2CCC1O2. The number of fused-ring (bicyclic) bond motifs is 2. The summed E-state index contributed by atoms with van der Waals surface area (Å²) in [7, 11) is 1.83. The van der Waals surface area contributed by atoms with Gasteiger partial charge in [-0.2, -0.15) is 0 Å². The van der Waals surface area contributed by atoms with Gasteiger partial charge in [0.2, 0.25) is 0 Å². The van der Waals surface area contributed by atoms with Crippen LogP contribution in [-0.2, 0) is 9.47 Å². The second kappa shape index (κ2) is 6.59. The molecule has 0 aromatic rings. The molecule has 3 aliphatic rings. The van der Waals surface area contributed by atoms with Crippen LogP contribution < -0.4 is 10.6 Å². The number of nitrogens with one attached hydrogen (secondary N) is 2. The lowest BCUT2D eigenvalue weighted by atomic mass is 9.96. The number of aliphatic imine (C=N–C) groups is 1. The number of hydrogen-bond acceptors (Lipinski definition) is 3. The van der Waals surface area contributed by atoms with Crippen molar-refractivity contribution in [2.24, 2.45) is 4.99 Å². The van der Waals surface area contributed by atoms with Crippen LogP contribution in [0.2, 0.25) is 0 Å². The van der Waals surface area contributed by atoms with E-state index in [1.54, 1.807) is 0 Å². The maximum Gasteiger partial charge on any atom is 0.191 e. The number of hydrogen-bond donors (Lipinski definition) is 2. The van der Waals surface area contributed by atoms with E-state index in [0.717, 1.165) is 45.0 Å². The fraction of sp³-hybridized carbons (Fsp3) is 0.800. The summed E-state index contributed by atoms with van der Waals surface area (Å²) in [5.74, 6) is 0.902. The third-order valence-electron chi connectivity index (χ3n) is 4.45. The summed E-state index contributed by atoms with van der Waals surface area (Å²) in [5.41, 5.74) is 1.49. The number of guanidine groups is 1. The molecule has 0 spiro atoms. The molecule has 20 heavy (non-hydrogen) atoms. The lowest BCUT2D eigenvalue weighted by molar-refractivity contribution is 0.0992. The fourth-order valence-corrected chi connectivity index (χ4v) is 3.29. The molecule has 0 aliphatic carbocycles. The Morgan fingerprint density at radius 1 is 1.45 bits per heavy atom. The van der Waals surface area contributed by atoms with E-state index in [9.17, 15) is 0 Å². The van der Waals surface area contributed by atoms with E-state index >= 15 is 0 Å². The molecule has 2 bridgehead atoms. The van der Waals surface area contributed by atoms with Crippen LogP contribution in [0.5, 0.6) is 0 Å².